The third kappa shape index (κ3) is 78.1. The predicted molar refractivity (Wildman–Crippen MR) is 188 cm³/mol. The number of hydrogen-bond donors (Lipinski definition) is 2. The lowest BCUT2D eigenvalue weighted by Gasteiger charge is -2.18. The average Bonchev–Trinajstić information content (AvgIpc) is 2.90. The maximum absolute atomic E-state index is 11.1. The van der Waals surface area contributed by atoms with Crippen molar-refractivity contribution in [2.45, 2.75) is 53.5 Å². The average molecular weight is 731 g/mol. The van der Waals surface area contributed by atoms with Crippen LogP contribution in [0.15, 0.2) is 49.6 Å². The number of nitrogens with zero attached hydrogens (tertiary/aromatic N) is 4. The van der Waals surface area contributed by atoms with Crippen LogP contribution in [0.1, 0.15) is 47.5 Å². The van der Waals surface area contributed by atoms with Gasteiger partial charge in [0.25, 0.3) is 0 Å². The molecular formula is C28H54N6O8S4. The van der Waals surface area contributed by atoms with E-state index in [9.17, 15) is 34.8 Å². The zero-order valence-electron chi connectivity index (χ0n) is 28.9. The summed E-state index contributed by atoms with van der Waals surface area (Å²) in [5, 5.41) is 5.53. The minimum absolute atomic E-state index is 0.00914. The molecule has 2 aromatic rings. The van der Waals surface area contributed by atoms with E-state index in [2.05, 4.69) is 51.3 Å². The molecule has 0 saturated heterocycles. The highest BCUT2D eigenvalue weighted by Gasteiger charge is 2.11. The first-order chi connectivity index (χ1) is 20.8. The lowest BCUT2D eigenvalue weighted by Crippen LogP contribution is -2.32. The summed E-state index contributed by atoms with van der Waals surface area (Å²) >= 11 is 0. The van der Waals surface area contributed by atoms with Gasteiger partial charge in [-0.1, -0.05) is 20.8 Å². The third-order valence-corrected chi connectivity index (χ3v) is 5.01. The molecule has 0 aromatic carbocycles. The number of nitrogens with one attached hydrogen (secondary N) is 2. The Labute approximate surface area is 281 Å². The monoisotopic (exact) mass is 730 g/mol. The lowest BCUT2D eigenvalue weighted by atomic mass is 9.97. The summed E-state index contributed by atoms with van der Waals surface area (Å²) in [6, 6.07) is 3.73. The number of carbonyl (C=O) groups excluding carboxylic acids is 2. The molecular weight excluding hydrogens is 677 g/mol. The van der Waals surface area contributed by atoms with Crippen molar-refractivity contribution in [3.8, 4) is 0 Å². The van der Waals surface area contributed by atoms with E-state index in [1.54, 1.807) is 49.4 Å². The van der Waals surface area contributed by atoms with Crippen LogP contribution in [-0.4, -0.2) is 119 Å². The van der Waals surface area contributed by atoms with Crippen molar-refractivity contribution in [1.82, 2.24) is 30.6 Å². The molecule has 2 heterocycles. The van der Waals surface area contributed by atoms with Gasteiger partial charge in [0.15, 0.2) is 0 Å². The Hall–Kier alpha value is -2.70. The summed E-state index contributed by atoms with van der Waals surface area (Å²) in [6.07, 6.45) is 18.3. The standard InChI is InChI=1S/C9H19NO2S.C7H15NO2S.2C4H4N2.2C2H6O2S/c1-9(2,3)7-10-8(11)5-6-13(4)12;1-6(2)8-7(9)4-5-11(3)10;2*1-2-5-4-6-3-1;2*1-5(2,3)4/h5-7H2,1-4H3,(H,10,11);6H,4-5H2,1-3H3,(H,8,9);2*1-4H;2*1-2H3. The summed E-state index contributed by atoms with van der Waals surface area (Å²) in [7, 11) is -7.07. The zero-order valence-corrected chi connectivity index (χ0v) is 32.2. The van der Waals surface area contributed by atoms with E-state index in [1.807, 2.05) is 13.8 Å². The Kier molecular flexibility index (Phi) is 32.4. The fraction of sp³-hybridized carbons (Fsp3) is 0.643. The molecule has 2 N–H and O–H groups in total. The van der Waals surface area contributed by atoms with Gasteiger partial charge in [0.05, 0.1) is 0 Å². The maximum atomic E-state index is 11.1. The predicted octanol–water partition coefficient (Wildman–Crippen LogP) is 1.47. The van der Waals surface area contributed by atoms with Gasteiger partial charge >= 0.3 is 0 Å². The van der Waals surface area contributed by atoms with E-state index in [1.165, 1.54) is 12.7 Å². The van der Waals surface area contributed by atoms with Gasteiger partial charge in [-0.3, -0.25) is 18.0 Å². The fourth-order valence-electron chi connectivity index (χ4n) is 1.83. The van der Waals surface area contributed by atoms with Crippen LogP contribution in [0.3, 0.4) is 0 Å². The molecule has 0 aliphatic rings. The SMILES string of the molecule is CC(C)NC(=O)CCS(C)=O.CS(=O)CCC(=O)NCC(C)(C)C.CS(C)(=O)=O.CS(C)(=O)=O.c1cncnc1.c1cncnc1. The normalized spacial score (nSPS) is 11.7. The van der Waals surface area contributed by atoms with E-state index >= 15 is 0 Å². The first kappa shape index (κ1) is 50.2. The van der Waals surface area contributed by atoms with Gasteiger partial charge < -0.3 is 10.6 Å². The molecule has 2 aromatic heterocycles. The Morgan fingerprint density at radius 1 is 0.696 bits per heavy atom. The molecule has 0 spiro atoms. The largest absolute Gasteiger partial charge is 0.356 e. The van der Waals surface area contributed by atoms with E-state index in [0.717, 1.165) is 25.0 Å². The molecule has 0 saturated carbocycles. The Balaban J connectivity index is -0.000000240. The molecule has 2 unspecified atom stereocenters. The number of rotatable bonds is 8. The van der Waals surface area contributed by atoms with Gasteiger partial charge in [0.1, 0.15) is 32.3 Å². The molecule has 0 aliphatic carbocycles. The minimum atomic E-state index is -2.67. The van der Waals surface area contributed by atoms with Crippen molar-refractivity contribution in [2.24, 2.45) is 5.41 Å². The van der Waals surface area contributed by atoms with Crippen LogP contribution < -0.4 is 10.6 Å². The number of carbonyl (C=O) groups is 2. The molecule has 18 heteroatoms. The van der Waals surface area contributed by atoms with Crippen LogP contribution in [0.4, 0.5) is 0 Å². The van der Waals surface area contributed by atoms with Gasteiger partial charge in [0.2, 0.25) is 11.8 Å². The highest BCUT2D eigenvalue weighted by molar-refractivity contribution is 7.90. The second-order valence-corrected chi connectivity index (χ2v) is 18.9. The highest BCUT2D eigenvalue weighted by Crippen LogP contribution is 2.10. The highest BCUT2D eigenvalue weighted by atomic mass is 32.2. The summed E-state index contributed by atoms with van der Waals surface area (Å²) in [4.78, 5) is 36.8. The zero-order chi connectivity index (χ0) is 36.8. The second kappa shape index (κ2) is 29.7. The molecule has 46 heavy (non-hydrogen) atoms. The third-order valence-electron chi connectivity index (χ3n) is 3.45. The van der Waals surface area contributed by atoms with E-state index in [-0.39, 0.29) is 23.3 Å². The van der Waals surface area contributed by atoms with Crippen molar-refractivity contribution in [3.63, 3.8) is 0 Å². The Morgan fingerprint density at radius 2 is 1.00 bits per heavy atom. The lowest BCUT2D eigenvalue weighted by molar-refractivity contribution is -0.121. The summed E-state index contributed by atoms with van der Waals surface area (Å²) in [6.45, 7) is 10.7. The van der Waals surface area contributed by atoms with Crippen LogP contribution in [0, 0.1) is 5.41 Å². The van der Waals surface area contributed by atoms with Crippen molar-refractivity contribution in [3.05, 3.63) is 49.6 Å². The van der Waals surface area contributed by atoms with E-state index in [0.29, 0.717) is 30.9 Å². The van der Waals surface area contributed by atoms with Crippen molar-refractivity contribution < 1.29 is 34.8 Å². The number of amides is 2. The van der Waals surface area contributed by atoms with Gasteiger partial charge in [-0.05, 0) is 31.4 Å². The first-order valence-electron chi connectivity index (χ1n) is 13.7. The Bertz CT molecular complexity index is 1160. The number of aromatic nitrogens is 4. The molecule has 14 nitrogen and oxygen atoms in total. The van der Waals surface area contributed by atoms with Gasteiger partial charge in [-0.15, -0.1) is 0 Å². The second-order valence-electron chi connectivity index (χ2n) is 11.2. The van der Waals surface area contributed by atoms with Gasteiger partial charge in [-0.2, -0.15) is 0 Å². The van der Waals surface area contributed by atoms with E-state index in [4.69, 9.17) is 0 Å². The molecule has 2 rings (SSSR count). The maximum Gasteiger partial charge on any atom is 0.221 e. The van der Waals surface area contributed by atoms with Gasteiger partial charge in [-0.25, -0.2) is 36.8 Å². The van der Waals surface area contributed by atoms with Crippen LogP contribution >= 0.6 is 0 Å². The van der Waals surface area contributed by atoms with E-state index < -0.39 is 41.3 Å². The molecule has 2 amide bonds. The summed E-state index contributed by atoms with van der Waals surface area (Å²) in [5.41, 5.74) is 0.112. The molecule has 0 fully saturated rings. The summed E-state index contributed by atoms with van der Waals surface area (Å²) in [5.74, 6) is 0.884. The first-order valence-corrected chi connectivity index (χ1v) is 21.7. The number of sulfone groups is 2. The molecule has 0 aliphatic heterocycles. The minimum Gasteiger partial charge on any atom is -0.356 e. The van der Waals surface area contributed by atoms with Crippen LogP contribution in [0.2, 0.25) is 0 Å². The topological polar surface area (TPSA) is 212 Å². The van der Waals surface area contributed by atoms with Crippen LogP contribution in [-0.2, 0) is 50.9 Å². The Morgan fingerprint density at radius 3 is 1.20 bits per heavy atom. The number of hydrogen-bond acceptors (Lipinski definition) is 12. The molecule has 2 atom stereocenters. The van der Waals surface area contributed by atoms with Crippen LogP contribution in [0.25, 0.3) is 0 Å². The fourth-order valence-corrected chi connectivity index (χ4v) is 2.77. The van der Waals surface area contributed by atoms with Crippen molar-refractivity contribution in [2.75, 3.05) is 55.6 Å². The smallest absolute Gasteiger partial charge is 0.221 e. The van der Waals surface area contributed by atoms with Crippen molar-refractivity contribution >= 4 is 53.1 Å². The molecule has 0 radical (unpaired) electrons. The summed E-state index contributed by atoms with van der Waals surface area (Å²) < 4.78 is 59.8. The van der Waals surface area contributed by atoms with Crippen molar-refractivity contribution in [1.29, 1.82) is 0 Å². The molecule has 268 valence electrons. The molecule has 0 bridgehead atoms. The van der Waals surface area contributed by atoms with Crippen LogP contribution in [0.5, 0.6) is 0 Å². The van der Waals surface area contributed by atoms with Gasteiger partial charge in [0, 0.05) is 121 Å². The quantitative estimate of drug-likeness (QED) is 0.395.